The van der Waals surface area contributed by atoms with Gasteiger partial charge in [0.1, 0.15) is 30.8 Å². The fourth-order valence-corrected chi connectivity index (χ4v) is 7.55. The maximum absolute atomic E-state index is 12.4. The molecule has 0 saturated heterocycles. The Kier molecular flexibility index (Phi) is 41.3. The quantitative estimate of drug-likeness (QED) is 0.0406. The molecule has 0 aromatic rings. The number of amides is 4. The highest BCUT2D eigenvalue weighted by Gasteiger charge is 2.23. The van der Waals surface area contributed by atoms with Gasteiger partial charge in [0.15, 0.2) is 0 Å². The highest BCUT2D eigenvalue weighted by atomic mass is 32.2. The monoisotopic (exact) mass is 993 g/mol. The van der Waals surface area contributed by atoms with Gasteiger partial charge in [0, 0.05) is 70.0 Å². The van der Waals surface area contributed by atoms with E-state index in [1.165, 1.54) is 11.8 Å². The van der Waals surface area contributed by atoms with Crippen molar-refractivity contribution in [2.24, 2.45) is 11.8 Å². The second-order valence-electron chi connectivity index (χ2n) is 16.3. The van der Waals surface area contributed by atoms with Gasteiger partial charge in [0.25, 0.3) is 0 Å². The van der Waals surface area contributed by atoms with Crippen LogP contribution in [0.2, 0.25) is 0 Å². The van der Waals surface area contributed by atoms with Crippen LogP contribution in [-0.2, 0) is 62.1 Å². The zero-order valence-electron chi connectivity index (χ0n) is 40.1. The van der Waals surface area contributed by atoms with E-state index in [0.29, 0.717) is 25.0 Å². The summed E-state index contributed by atoms with van der Waals surface area (Å²) in [7, 11) is 0. The molecule has 0 fully saturated rings. The Morgan fingerprint density at radius 1 is 0.500 bits per heavy atom. The number of nitrogens with one attached hydrogen (secondary N) is 4. The van der Waals surface area contributed by atoms with Crippen molar-refractivity contribution in [1.82, 2.24) is 21.3 Å². The highest BCUT2D eigenvalue weighted by Crippen LogP contribution is 2.18. The molecule has 0 aliphatic rings. The summed E-state index contributed by atoms with van der Waals surface area (Å²) in [6, 6.07) is -1.13. The van der Waals surface area contributed by atoms with E-state index in [2.05, 4.69) is 21.3 Å². The molecule has 0 spiro atoms. The molecule has 0 aliphatic heterocycles. The van der Waals surface area contributed by atoms with Gasteiger partial charge in [0.2, 0.25) is 23.6 Å². The second kappa shape index (κ2) is 44.0. The Labute approximate surface area is 405 Å². The molecule has 21 nitrogen and oxygen atoms in total. The zero-order chi connectivity index (χ0) is 50.6. The number of aliphatic carboxylic acids is 3. The summed E-state index contributed by atoms with van der Waals surface area (Å²) in [6.07, 6.45) is 11.4. The lowest BCUT2D eigenvalue weighted by Crippen LogP contribution is -2.41. The van der Waals surface area contributed by atoms with Crippen LogP contribution in [-0.4, -0.2) is 170 Å². The first kappa shape index (κ1) is 63.8. The molecule has 8 N–H and O–H groups in total. The van der Waals surface area contributed by atoms with Crippen LogP contribution in [0.1, 0.15) is 129 Å². The van der Waals surface area contributed by atoms with Gasteiger partial charge < -0.3 is 60.6 Å². The van der Waals surface area contributed by atoms with E-state index in [4.69, 9.17) is 34.3 Å². The van der Waals surface area contributed by atoms with Crippen molar-refractivity contribution in [3.63, 3.8) is 0 Å². The number of unbranched alkanes of at least 4 members (excludes halogenated alkanes) is 9. The number of carbonyl (C=O) groups is 9. The van der Waals surface area contributed by atoms with Crippen molar-refractivity contribution in [3.05, 3.63) is 0 Å². The molecule has 0 aromatic carbocycles. The summed E-state index contributed by atoms with van der Waals surface area (Å²) < 4.78 is 21.4. The van der Waals surface area contributed by atoms with Gasteiger partial charge in [-0.2, -0.15) is 11.8 Å². The molecule has 392 valence electrons. The van der Waals surface area contributed by atoms with E-state index < -0.39 is 36.5 Å². The van der Waals surface area contributed by atoms with Gasteiger partial charge in [-0.05, 0) is 38.5 Å². The van der Waals surface area contributed by atoms with Crippen molar-refractivity contribution in [3.8, 4) is 0 Å². The van der Waals surface area contributed by atoms with Crippen molar-refractivity contribution in [2.75, 3.05) is 90.6 Å². The van der Waals surface area contributed by atoms with Gasteiger partial charge >= 0.3 is 17.9 Å². The number of carboxylic acids is 3. The predicted molar refractivity (Wildman–Crippen MR) is 252 cm³/mol. The third-order valence-electron chi connectivity index (χ3n) is 10.5. The van der Waals surface area contributed by atoms with E-state index in [1.54, 1.807) is 0 Å². The molecule has 0 heterocycles. The lowest BCUT2D eigenvalue weighted by molar-refractivity contribution is -0.144. The highest BCUT2D eigenvalue weighted by molar-refractivity contribution is 7.99. The molecule has 0 aliphatic carbocycles. The first-order valence-electron chi connectivity index (χ1n) is 24.0. The van der Waals surface area contributed by atoms with Crippen molar-refractivity contribution in [1.29, 1.82) is 0 Å². The van der Waals surface area contributed by atoms with Gasteiger partial charge in [-0.15, -0.1) is 0 Å². The van der Waals surface area contributed by atoms with E-state index in [1.807, 2.05) is 6.92 Å². The second-order valence-corrected chi connectivity index (χ2v) is 17.3. The number of hydrogen-bond donors (Lipinski definition) is 8. The number of aliphatic hydroxyl groups excluding tert-OH is 1. The molecular weight excluding hydrogens is 913 g/mol. The maximum Gasteiger partial charge on any atom is 0.326 e. The van der Waals surface area contributed by atoms with Gasteiger partial charge in [-0.1, -0.05) is 58.3 Å². The lowest BCUT2D eigenvalue weighted by Gasteiger charge is -2.15. The normalized spacial score (nSPS) is 12.4. The molecule has 4 amide bonds. The Hall–Kier alpha value is -4.22. The largest absolute Gasteiger partial charge is 0.481 e. The molecule has 22 heteroatoms. The van der Waals surface area contributed by atoms with Gasteiger partial charge in [0.05, 0.1) is 51.3 Å². The molecule has 68 heavy (non-hydrogen) atoms. The van der Waals surface area contributed by atoms with Crippen molar-refractivity contribution >= 4 is 64.9 Å². The number of Topliss-reactive ketones (excluding diaryl/α,β-unsaturated/α-hetero) is 2. The predicted octanol–water partition coefficient (Wildman–Crippen LogP) is 2.67. The Bertz CT molecular complexity index is 1460. The van der Waals surface area contributed by atoms with Crippen LogP contribution in [0.3, 0.4) is 0 Å². The Morgan fingerprint density at radius 3 is 1.57 bits per heavy atom. The SMILES string of the molecule is CC[C@@H](CSCC(=O)NCCNC(=O)COCCOCCNC(=O)COCCOCCCC(=O)CC[C@H](NC(=O)CCCCCCCCCCCCC(=O)O)C(=O)O)C(=O)CC[C@@H](CO)C(=O)O. The zero-order valence-corrected chi connectivity index (χ0v) is 40.9. The summed E-state index contributed by atoms with van der Waals surface area (Å²) in [5.41, 5.74) is 0. The molecule has 0 rings (SSSR count). The average molecular weight is 993 g/mol. The number of ketones is 2. The minimum atomic E-state index is -1.18. The fourth-order valence-electron chi connectivity index (χ4n) is 6.44. The number of ether oxygens (including phenoxy) is 4. The van der Waals surface area contributed by atoms with Crippen LogP contribution in [0.15, 0.2) is 0 Å². The molecule has 0 unspecified atom stereocenters. The van der Waals surface area contributed by atoms with E-state index in [9.17, 15) is 48.3 Å². The number of carbonyl (C=O) groups excluding carboxylic acids is 6. The topological polar surface area (TPSA) is 320 Å². The first-order chi connectivity index (χ1) is 32.7. The van der Waals surface area contributed by atoms with Crippen LogP contribution in [0.4, 0.5) is 0 Å². The summed E-state index contributed by atoms with van der Waals surface area (Å²) in [5, 5.41) is 46.8. The van der Waals surface area contributed by atoms with Crippen LogP contribution in [0.5, 0.6) is 0 Å². The Balaban J connectivity index is 3.74. The van der Waals surface area contributed by atoms with Crippen LogP contribution < -0.4 is 21.3 Å². The fraction of sp³-hybridized carbons (Fsp3) is 0.804. The molecule has 0 bridgehead atoms. The molecular formula is C46H80N4O17S. The standard InChI is InChI=1S/C46H80N4O17S/c1-2-35(39(53)20-17-36(30-51)45(60)61)33-68-34-43(57)48-22-21-47-41(55)31-67-29-27-65-25-23-49-42(56)32-66-28-26-64-24-13-14-37(52)18-19-38(46(62)63)50-40(54)15-11-9-7-5-3-4-6-8-10-12-16-44(58)59/h35-36,38,51H,2-34H2,1H3,(H,47,55)(H,48,57)(H,49,56)(H,50,54)(H,58,59)(H,60,61)(H,62,63)/t35-,36-,38-/m0/s1. The van der Waals surface area contributed by atoms with Crippen LogP contribution >= 0.6 is 11.8 Å². The molecule has 0 radical (unpaired) electrons. The number of rotatable bonds is 49. The first-order valence-corrected chi connectivity index (χ1v) is 25.2. The minimum Gasteiger partial charge on any atom is -0.481 e. The van der Waals surface area contributed by atoms with E-state index in [0.717, 1.165) is 57.8 Å². The summed E-state index contributed by atoms with van der Waals surface area (Å²) >= 11 is 1.29. The number of hydrogen-bond acceptors (Lipinski definition) is 15. The summed E-state index contributed by atoms with van der Waals surface area (Å²) in [4.78, 5) is 106. The smallest absolute Gasteiger partial charge is 0.326 e. The summed E-state index contributed by atoms with van der Waals surface area (Å²) in [6.45, 7) is 2.77. The average Bonchev–Trinajstić information content (AvgIpc) is 3.29. The van der Waals surface area contributed by atoms with E-state index >= 15 is 0 Å². The number of aliphatic hydroxyl groups is 1. The van der Waals surface area contributed by atoms with Crippen molar-refractivity contribution in [2.45, 2.75) is 135 Å². The minimum absolute atomic E-state index is 0.00847. The Morgan fingerprint density at radius 2 is 1.03 bits per heavy atom. The molecule has 3 atom stereocenters. The third-order valence-corrected chi connectivity index (χ3v) is 11.6. The lowest BCUT2D eigenvalue weighted by atomic mass is 9.95. The number of carboxylic acid groups (broad SMARTS) is 3. The van der Waals surface area contributed by atoms with E-state index in [-0.39, 0.29) is 164 Å². The maximum atomic E-state index is 12.4. The van der Waals surface area contributed by atoms with Crippen molar-refractivity contribution < 1.29 is 82.5 Å². The molecule has 0 saturated carbocycles. The summed E-state index contributed by atoms with van der Waals surface area (Å²) in [5.74, 6) is -5.36. The molecule has 0 aromatic heterocycles. The van der Waals surface area contributed by atoms with Crippen LogP contribution in [0, 0.1) is 11.8 Å². The third kappa shape index (κ3) is 39.7. The number of thioether (sulfide) groups is 1. The van der Waals surface area contributed by atoms with Crippen LogP contribution in [0.25, 0.3) is 0 Å². The van der Waals surface area contributed by atoms with Gasteiger partial charge in [-0.25, -0.2) is 4.79 Å². The van der Waals surface area contributed by atoms with Gasteiger partial charge in [-0.3, -0.25) is 38.4 Å².